The summed E-state index contributed by atoms with van der Waals surface area (Å²) >= 11 is 5.81. The number of piperidine rings is 1. The van der Waals surface area contributed by atoms with Gasteiger partial charge in [-0.3, -0.25) is 9.59 Å². The third-order valence-corrected chi connectivity index (χ3v) is 3.66. The lowest BCUT2D eigenvalue weighted by Crippen LogP contribution is -2.43. The van der Waals surface area contributed by atoms with Crippen molar-refractivity contribution in [2.45, 2.75) is 25.7 Å². The summed E-state index contributed by atoms with van der Waals surface area (Å²) in [5, 5.41) is 3.56. The van der Waals surface area contributed by atoms with Gasteiger partial charge in [0.25, 0.3) is 0 Å². The highest BCUT2D eigenvalue weighted by atomic mass is 35.5. The normalized spacial score (nSPS) is 15.2. The number of hydrogen-bond donors (Lipinski definition) is 1. The summed E-state index contributed by atoms with van der Waals surface area (Å²) in [6.45, 7) is 1.45. The van der Waals surface area contributed by atoms with Gasteiger partial charge in [-0.2, -0.15) is 0 Å². The molecule has 1 aromatic carbocycles. The zero-order chi connectivity index (χ0) is 14.4. The van der Waals surface area contributed by atoms with Crippen LogP contribution >= 0.6 is 11.6 Å². The summed E-state index contributed by atoms with van der Waals surface area (Å²) in [4.78, 5) is 25.0. The maximum atomic E-state index is 11.8. The molecule has 0 radical (unpaired) electrons. The molecule has 1 fully saturated rings. The molecule has 0 aromatic heterocycles. The first kappa shape index (κ1) is 14.9. The Morgan fingerprint density at radius 1 is 1.25 bits per heavy atom. The number of carbonyl (C=O) groups excluding carboxylic acids is 2. The van der Waals surface area contributed by atoms with Crippen LogP contribution < -0.4 is 5.32 Å². The van der Waals surface area contributed by atoms with Gasteiger partial charge in [0.15, 0.2) is 0 Å². The third-order valence-electron chi connectivity index (χ3n) is 3.40. The molecule has 20 heavy (non-hydrogen) atoms. The van der Waals surface area contributed by atoms with Crippen LogP contribution in [0.1, 0.15) is 24.8 Å². The van der Waals surface area contributed by atoms with E-state index in [0.717, 1.165) is 24.8 Å². The second-order valence-electron chi connectivity index (χ2n) is 5.00. The van der Waals surface area contributed by atoms with E-state index < -0.39 is 0 Å². The second kappa shape index (κ2) is 7.29. The lowest BCUT2D eigenvalue weighted by atomic mass is 10.1. The van der Waals surface area contributed by atoms with Gasteiger partial charge in [-0.15, -0.1) is 0 Å². The third kappa shape index (κ3) is 4.53. The highest BCUT2D eigenvalue weighted by molar-refractivity contribution is 6.30. The smallest absolute Gasteiger partial charge is 0.239 e. The molecule has 1 N–H and O–H groups in total. The number of likely N-dealkylation sites (tertiary alicyclic amines) is 1. The summed E-state index contributed by atoms with van der Waals surface area (Å²) in [6.07, 6.45) is 3.26. The summed E-state index contributed by atoms with van der Waals surface area (Å²) in [5.74, 6) is -0.00156. The van der Waals surface area contributed by atoms with Crippen LogP contribution in [0.3, 0.4) is 0 Å². The zero-order valence-corrected chi connectivity index (χ0v) is 12.2. The molecule has 108 valence electrons. The number of nitrogens with one attached hydrogen (secondary N) is 1. The van der Waals surface area contributed by atoms with Gasteiger partial charge in [0.05, 0.1) is 6.54 Å². The minimum atomic E-state index is -0.0887. The Morgan fingerprint density at radius 2 is 2.00 bits per heavy atom. The minimum absolute atomic E-state index is 0.0871. The molecule has 1 aliphatic heterocycles. The molecule has 0 atom stereocenters. The van der Waals surface area contributed by atoms with E-state index in [1.165, 1.54) is 0 Å². The zero-order valence-electron chi connectivity index (χ0n) is 11.4. The SMILES string of the molecule is O=C(CN1CCCCC1=O)NCCc1ccc(Cl)cc1. The van der Waals surface area contributed by atoms with E-state index in [1.807, 2.05) is 24.3 Å². The Hall–Kier alpha value is -1.55. The van der Waals surface area contributed by atoms with Gasteiger partial charge >= 0.3 is 0 Å². The molecular formula is C15H19ClN2O2. The van der Waals surface area contributed by atoms with Gasteiger partial charge < -0.3 is 10.2 Å². The first-order chi connectivity index (χ1) is 9.65. The monoisotopic (exact) mass is 294 g/mol. The van der Waals surface area contributed by atoms with Gasteiger partial charge in [-0.1, -0.05) is 23.7 Å². The second-order valence-corrected chi connectivity index (χ2v) is 5.44. The van der Waals surface area contributed by atoms with Crippen LogP contribution in [0, 0.1) is 0 Å². The number of rotatable bonds is 5. The Balaban J connectivity index is 1.69. The van der Waals surface area contributed by atoms with E-state index in [9.17, 15) is 9.59 Å². The summed E-state index contributed by atoms with van der Waals surface area (Å²) in [5.41, 5.74) is 1.13. The molecule has 2 amide bonds. The van der Waals surface area contributed by atoms with Crippen LogP contribution in [0.15, 0.2) is 24.3 Å². The first-order valence-corrected chi connectivity index (χ1v) is 7.32. The van der Waals surface area contributed by atoms with Crippen LogP contribution in [-0.4, -0.2) is 36.3 Å². The molecule has 0 unspecified atom stereocenters. The van der Waals surface area contributed by atoms with Gasteiger partial charge in [-0.05, 0) is 37.0 Å². The number of amides is 2. The number of carbonyl (C=O) groups is 2. The fourth-order valence-corrected chi connectivity index (χ4v) is 2.38. The quantitative estimate of drug-likeness (QED) is 0.903. The largest absolute Gasteiger partial charge is 0.354 e. The Bertz CT molecular complexity index is 473. The summed E-state index contributed by atoms with van der Waals surface area (Å²) < 4.78 is 0. The topological polar surface area (TPSA) is 49.4 Å². The van der Waals surface area contributed by atoms with Crippen molar-refractivity contribution in [1.82, 2.24) is 10.2 Å². The molecule has 0 aliphatic carbocycles. The molecule has 1 aromatic rings. The Morgan fingerprint density at radius 3 is 2.70 bits per heavy atom. The van der Waals surface area contributed by atoms with Gasteiger partial charge in [-0.25, -0.2) is 0 Å². The number of halogens is 1. The van der Waals surface area contributed by atoms with Crippen molar-refractivity contribution in [3.05, 3.63) is 34.9 Å². The van der Waals surface area contributed by atoms with Gasteiger partial charge in [0.2, 0.25) is 11.8 Å². The van der Waals surface area contributed by atoms with Crippen molar-refractivity contribution < 1.29 is 9.59 Å². The molecular weight excluding hydrogens is 276 g/mol. The molecule has 5 heteroatoms. The van der Waals surface area contributed by atoms with E-state index >= 15 is 0 Å². The average Bonchev–Trinajstić information content (AvgIpc) is 2.44. The molecule has 2 rings (SSSR count). The van der Waals surface area contributed by atoms with E-state index in [-0.39, 0.29) is 18.4 Å². The highest BCUT2D eigenvalue weighted by Crippen LogP contribution is 2.10. The van der Waals surface area contributed by atoms with Crippen molar-refractivity contribution >= 4 is 23.4 Å². The van der Waals surface area contributed by atoms with Gasteiger partial charge in [0.1, 0.15) is 0 Å². The minimum Gasteiger partial charge on any atom is -0.354 e. The molecule has 1 heterocycles. The van der Waals surface area contributed by atoms with Crippen LogP contribution in [0.4, 0.5) is 0 Å². The average molecular weight is 295 g/mol. The number of nitrogens with zero attached hydrogens (tertiary/aromatic N) is 1. The number of hydrogen-bond acceptors (Lipinski definition) is 2. The van der Waals surface area contributed by atoms with Crippen LogP contribution in [0.25, 0.3) is 0 Å². The molecule has 0 spiro atoms. The van der Waals surface area contributed by atoms with Crippen LogP contribution in [-0.2, 0) is 16.0 Å². The Kier molecular flexibility index (Phi) is 5.41. The van der Waals surface area contributed by atoms with E-state index in [0.29, 0.717) is 24.5 Å². The van der Waals surface area contributed by atoms with Crippen molar-refractivity contribution in [3.8, 4) is 0 Å². The van der Waals surface area contributed by atoms with Crippen molar-refractivity contribution in [3.63, 3.8) is 0 Å². The van der Waals surface area contributed by atoms with Crippen LogP contribution in [0.2, 0.25) is 5.02 Å². The molecule has 0 bridgehead atoms. The van der Waals surface area contributed by atoms with Gasteiger partial charge in [0, 0.05) is 24.5 Å². The fraction of sp³-hybridized carbons (Fsp3) is 0.467. The fourth-order valence-electron chi connectivity index (χ4n) is 2.26. The lowest BCUT2D eigenvalue weighted by Gasteiger charge is -2.25. The lowest BCUT2D eigenvalue weighted by molar-refractivity contribution is -0.137. The highest BCUT2D eigenvalue weighted by Gasteiger charge is 2.19. The maximum absolute atomic E-state index is 11.8. The van der Waals surface area contributed by atoms with E-state index in [4.69, 9.17) is 11.6 Å². The van der Waals surface area contributed by atoms with E-state index in [1.54, 1.807) is 4.90 Å². The van der Waals surface area contributed by atoms with Crippen molar-refractivity contribution in [2.24, 2.45) is 0 Å². The molecule has 4 nitrogen and oxygen atoms in total. The van der Waals surface area contributed by atoms with Crippen LogP contribution in [0.5, 0.6) is 0 Å². The predicted octanol–water partition coefficient (Wildman–Crippen LogP) is 2.01. The summed E-state index contributed by atoms with van der Waals surface area (Å²) in [6, 6.07) is 7.57. The maximum Gasteiger partial charge on any atom is 0.239 e. The number of benzene rings is 1. The van der Waals surface area contributed by atoms with Crippen molar-refractivity contribution in [1.29, 1.82) is 0 Å². The predicted molar refractivity (Wildman–Crippen MR) is 78.6 cm³/mol. The molecule has 1 saturated heterocycles. The molecule has 1 aliphatic rings. The van der Waals surface area contributed by atoms with E-state index in [2.05, 4.69) is 5.32 Å². The first-order valence-electron chi connectivity index (χ1n) is 6.94. The Labute approximate surface area is 124 Å². The standard InChI is InChI=1S/C15H19ClN2O2/c16-13-6-4-12(5-7-13)8-9-17-14(19)11-18-10-2-1-3-15(18)20/h4-7H,1-3,8-11H2,(H,17,19). The summed E-state index contributed by atoms with van der Waals surface area (Å²) in [7, 11) is 0. The molecule has 0 saturated carbocycles. The van der Waals surface area contributed by atoms with Crippen molar-refractivity contribution in [2.75, 3.05) is 19.6 Å².